The Morgan fingerprint density at radius 1 is 1.71 bits per heavy atom. The van der Waals surface area contributed by atoms with Crippen molar-refractivity contribution in [1.29, 1.82) is 0 Å². The van der Waals surface area contributed by atoms with E-state index in [2.05, 4.69) is 10.6 Å². The predicted molar refractivity (Wildman–Crippen MR) is 64.3 cm³/mol. The summed E-state index contributed by atoms with van der Waals surface area (Å²) in [6.07, 6.45) is 2.19. The maximum Gasteiger partial charge on any atom is 0.324 e. The number of hydrogen-bond donors (Lipinski definition) is 2. The topological polar surface area (TPSA) is 84.3 Å². The first-order valence-corrected chi connectivity index (χ1v) is 6.29. The molecule has 2 N–H and O–H groups in total. The molecule has 1 aromatic heterocycles. The molecule has 92 valence electrons. The van der Waals surface area contributed by atoms with Crippen LogP contribution in [0.1, 0.15) is 23.2 Å². The van der Waals surface area contributed by atoms with Gasteiger partial charge in [0.05, 0.1) is 10.5 Å². The fourth-order valence-electron chi connectivity index (χ4n) is 1.79. The number of hydrogen-bond acceptors (Lipinski definition) is 5. The van der Waals surface area contributed by atoms with Gasteiger partial charge in [-0.2, -0.15) is 0 Å². The lowest BCUT2D eigenvalue weighted by Crippen LogP contribution is -2.36. The van der Waals surface area contributed by atoms with E-state index in [1.165, 1.54) is 11.4 Å². The molecule has 0 radical (unpaired) electrons. The normalized spacial score (nSPS) is 19.2. The lowest BCUT2D eigenvalue weighted by atomic mass is 10.2. The Morgan fingerprint density at radius 2 is 2.53 bits per heavy atom. The maximum absolute atomic E-state index is 11.7. The van der Waals surface area contributed by atoms with Crippen LogP contribution in [-0.4, -0.2) is 30.0 Å². The molecule has 0 spiro atoms. The summed E-state index contributed by atoms with van der Waals surface area (Å²) in [4.78, 5) is 21.7. The molecule has 2 rings (SSSR count). The molecular formula is C10H13N3O3S. The molecule has 1 aliphatic heterocycles. The van der Waals surface area contributed by atoms with Gasteiger partial charge in [-0.1, -0.05) is 11.3 Å². The van der Waals surface area contributed by atoms with Crippen LogP contribution in [0.2, 0.25) is 0 Å². The van der Waals surface area contributed by atoms with E-state index in [0.717, 1.165) is 30.7 Å². The predicted octanol–water partition coefficient (Wildman–Crippen LogP) is 1.14. The molecule has 1 unspecified atom stereocenters. The number of carbonyl (C=O) groups excluding carboxylic acids is 1. The van der Waals surface area contributed by atoms with Gasteiger partial charge in [0.2, 0.25) is 0 Å². The monoisotopic (exact) mass is 255 g/mol. The number of nitro groups is 1. The van der Waals surface area contributed by atoms with Crippen molar-refractivity contribution >= 4 is 22.2 Å². The fraction of sp³-hybridized carbons (Fsp3) is 0.500. The van der Waals surface area contributed by atoms with Crippen molar-refractivity contribution in [3.63, 3.8) is 0 Å². The van der Waals surface area contributed by atoms with Gasteiger partial charge in [0.15, 0.2) is 0 Å². The molecule has 0 saturated carbocycles. The average Bonchev–Trinajstić information content (AvgIpc) is 2.96. The molecule has 0 bridgehead atoms. The van der Waals surface area contributed by atoms with E-state index in [-0.39, 0.29) is 10.9 Å². The summed E-state index contributed by atoms with van der Waals surface area (Å²) in [5.74, 6) is -0.247. The molecule has 1 aromatic rings. The zero-order valence-corrected chi connectivity index (χ0v) is 9.96. The van der Waals surface area contributed by atoms with E-state index in [0.29, 0.717) is 18.2 Å². The minimum absolute atomic E-state index is 0.00542. The lowest BCUT2D eigenvalue weighted by molar-refractivity contribution is -0.380. The van der Waals surface area contributed by atoms with Gasteiger partial charge in [-0.05, 0) is 19.4 Å². The van der Waals surface area contributed by atoms with Gasteiger partial charge in [0, 0.05) is 24.0 Å². The van der Waals surface area contributed by atoms with Crippen molar-refractivity contribution in [3.8, 4) is 0 Å². The van der Waals surface area contributed by atoms with Crippen LogP contribution in [0.15, 0.2) is 11.4 Å². The summed E-state index contributed by atoms with van der Waals surface area (Å²) in [5.41, 5.74) is 0.361. The van der Waals surface area contributed by atoms with Crippen LogP contribution in [0.4, 0.5) is 5.00 Å². The average molecular weight is 255 g/mol. The van der Waals surface area contributed by atoms with Gasteiger partial charge < -0.3 is 10.6 Å². The molecule has 6 nitrogen and oxygen atoms in total. The molecular weight excluding hydrogens is 242 g/mol. The van der Waals surface area contributed by atoms with Crippen LogP contribution < -0.4 is 10.6 Å². The molecule has 1 aliphatic rings. The minimum atomic E-state index is -0.486. The number of nitrogens with one attached hydrogen (secondary N) is 2. The van der Waals surface area contributed by atoms with E-state index in [9.17, 15) is 14.9 Å². The standard InChI is InChI=1S/C10H13N3O3S/c14-10(12-5-8-2-1-3-11-8)7-4-9(13(15)16)17-6-7/h4,6,8,11H,1-3,5H2,(H,12,14). The second-order valence-electron chi connectivity index (χ2n) is 3.93. The van der Waals surface area contributed by atoms with Crippen molar-refractivity contribution in [1.82, 2.24) is 10.6 Å². The van der Waals surface area contributed by atoms with E-state index in [4.69, 9.17) is 0 Å². The van der Waals surface area contributed by atoms with E-state index in [1.807, 2.05) is 0 Å². The van der Waals surface area contributed by atoms with Crippen molar-refractivity contribution < 1.29 is 9.72 Å². The molecule has 17 heavy (non-hydrogen) atoms. The van der Waals surface area contributed by atoms with Crippen molar-refractivity contribution in [3.05, 3.63) is 27.1 Å². The highest BCUT2D eigenvalue weighted by Gasteiger charge is 2.17. The summed E-state index contributed by atoms with van der Waals surface area (Å²) in [7, 11) is 0. The van der Waals surface area contributed by atoms with Crippen LogP contribution in [-0.2, 0) is 0 Å². The van der Waals surface area contributed by atoms with Crippen LogP contribution in [0, 0.1) is 10.1 Å². The molecule has 0 aliphatic carbocycles. The van der Waals surface area contributed by atoms with Gasteiger partial charge in [-0.25, -0.2) is 0 Å². The molecule has 1 fully saturated rings. The third-order valence-electron chi connectivity index (χ3n) is 2.70. The number of carbonyl (C=O) groups is 1. The smallest absolute Gasteiger partial charge is 0.324 e. The van der Waals surface area contributed by atoms with E-state index in [1.54, 1.807) is 0 Å². The fourth-order valence-corrected chi connectivity index (χ4v) is 2.49. The second-order valence-corrected chi connectivity index (χ2v) is 4.82. The Labute approximate surface area is 102 Å². The van der Waals surface area contributed by atoms with Crippen LogP contribution >= 0.6 is 11.3 Å². The highest BCUT2D eigenvalue weighted by atomic mass is 32.1. The Hall–Kier alpha value is -1.47. The first-order valence-electron chi connectivity index (χ1n) is 5.41. The summed E-state index contributed by atoms with van der Waals surface area (Å²) >= 11 is 0.969. The largest absolute Gasteiger partial charge is 0.350 e. The van der Waals surface area contributed by atoms with E-state index >= 15 is 0 Å². The SMILES string of the molecule is O=C(NCC1CCCN1)c1csc([N+](=O)[O-])c1. The van der Waals surface area contributed by atoms with Gasteiger partial charge >= 0.3 is 5.00 Å². The molecule has 1 atom stereocenters. The molecule has 2 heterocycles. The number of amides is 1. The Balaban J connectivity index is 1.87. The lowest BCUT2D eigenvalue weighted by Gasteiger charge is -2.10. The summed E-state index contributed by atoms with van der Waals surface area (Å²) in [6, 6.07) is 1.63. The van der Waals surface area contributed by atoms with Gasteiger partial charge in [0.1, 0.15) is 0 Å². The third-order valence-corrected chi connectivity index (χ3v) is 3.58. The summed E-state index contributed by atoms with van der Waals surface area (Å²) in [6.45, 7) is 1.56. The molecule has 1 amide bonds. The first-order chi connectivity index (χ1) is 8.16. The molecule has 0 aromatic carbocycles. The minimum Gasteiger partial charge on any atom is -0.350 e. The number of thiophene rings is 1. The quantitative estimate of drug-likeness (QED) is 0.624. The number of rotatable bonds is 4. The second kappa shape index (κ2) is 5.24. The Bertz CT molecular complexity index is 426. The van der Waals surface area contributed by atoms with Crippen molar-refractivity contribution in [2.45, 2.75) is 18.9 Å². The highest BCUT2D eigenvalue weighted by molar-refractivity contribution is 7.13. The van der Waals surface area contributed by atoms with E-state index < -0.39 is 4.92 Å². The molecule has 7 heteroatoms. The van der Waals surface area contributed by atoms with Crippen LogP contribution in [0.3, 0.4) is 0 Å². The summed E-state index contributed by atoms with van der Waals surface area (Å²) in [5, 5.41) is 18.0. The zero-order chi connectivity index (χ0) is 12.3. The van der Waals surface area contributed by atoms with Gasteiger partial charge in [0.25, 0.3) is 5.91 Å². The molecule has 1 saturated heterocycles. The van der Waals surface area contributed by atoms with Crippen molar-refractivity contribution in [2.24, 2.45) is 0 Å². The Morgan fingerprint density at radius 3 is 3.12 bits per heavy atom. The third kappa shape index (κ3) is 3.01. The van der Waals surface area contributed by atoms with Gasteiger partial charge in [-0.15, -0.1) is 0 Å². The number of nitrogens with zero attached hydrogens (tertiary/aromatic N) is 1. The Kier molecular flexibility index (Phi) is 3.70. The zero-order valence-electron chi connectivity index (χ0n) is 9.14. The van der Waals surface area contributed by atoms with Gasteiger partial charge in [-0.3, -0.25) is 14.9 Å². The van der Waals surface area contributed by atoms with Crippen molar-refractivity contribution in [2.75, 3.05) is 13.1 Å². The highest BCUT2D eigenvalue weighted by Crippen LogP contribution is 2.22. The first kappa shape index (κ1) is 12.0. The summed E-state index contributed by atoms with van der Waals surface area (Å²) < 4.78 is 0. The van der Waals surface area contributed by atoms with Crippen LogP contribution in [0.5, 0.6) is 0 Å². The maximum atomic E-state index is 11.7. The van der Waals surface area contributed by atoms with Crippen LogP contribution in [0.25, 0.3) is 0 Å².